The standard InChI is InChI=1S/C12H15NO2S/c14-11(15)8-12(6-7-16-9-12)13-10-4-2-1-3-5-10/h1-5,13H,6-9H2,(H,14,15). The maximum Gasteiger partial charge on any atom is 0.305 e. The van der Waals surface area contributed by atoms with Crippen molar-refractivity contribution in [3.05, 3.63) is 30.3 Å². The zero-order chi connectivity index (χ0) is 11.4. The molecule has 1 heterocycles. The topological polar surface area (TPSA) is 49.3 Å². The van der Waals surface area contributed by atoms with Crippen molar-refractivity contribution in [2.24, 2.45) is 0 Å². The number of thioether (sulfide) groups is 1. The number of aliphatic carboxylic acids is 1. The molecule has 1 atom stereocenters. The molecule has 0 amide bonds. The molecule has 3 nitrogen and oxygen atoms in total. The van der Waals surface area contributed by atoms with Crippen molar-refractivity contribution in [2.75, 3.05) is 16.8 Å². The molecule has 0 aliphatic carbocycles. The summed E-state index contributed by atoms with van der Waals surface area (Å²) in [5.74, 6) is 1.17. The third-order valence-corrected chi connectivity index (χ3v) is 4.03. The molecule has 2 N–H and O–H groups in total. The first-order valence-electron chi connectivity index (χ1n) is 5.33. The van der Waals surface area contributed by atoms with E-state index in [1.807, 2.05) is 42.1 Å². The van der Waals surface area contributed by atoms with Gasteiger partial charge in [-0.05, 0) is 24.3 Å². The van der Waals surface area contributed by atoms with Crippen LogP contribution in [-0.2, 0) is 4.79 Å². The molecule has 0 bridgehead atoms. The molecular formula is C12H15NO2S. The molecule has 4 heteroatoms. The summed E-state index contributed by atoms with van der Waals surface area (Å²) < 4.78 is 0. The highest BCUT2D eigenvalue weighted by molar-refractivity contribution is 7.99. The van der Waals surface area contributed by atoms with E-state index >= 15 is 0 Å². The summed E-state index contributed by atoms with van der Waals surface area (Å²) in [7, 11) is 0. The van der Waals surface area contributed by atoms with Crippen molar-refractivity contribution in [3.63, 3.8) is 0 Å². The Hall–Kier alpha value is -1.16. The number of carboxylic acid groups (broad SMARTS) is 1. The Balaban J connectivity index is 2.11. The molecule has 1 saturated heterocycles. The molecule has 86 valence electrons. The summed E-state index contributed by atoms with van der Waals surface area (Å²) in [6.07, 6.45) is 1.10. The van der Waals surface area contributed by atoms with E-state index < -0.39 is 5.97 Å². The molecule has 1 aromatic carbocycles. The maximum absolute atomic E-state index is 10.9. The number of rotatable bonds is 4. The molecule has 1 aromatic rings. The van der Waals surface area contributed by atoms with Gasteiger partial charge in [-0.1, -0.05) is 18.2 Å². The van der Waals surface area contributed by atoms with Gasteiger partial charge in [-0.25, -0.2) is 0 Å². The normalized spacial score (nSPS) is 24.2. The third-order valence-electron chi connectivity index (χ3n) is 2.78. The van der Waals surface area contributed by atoms with Crippen LogP contribution < -0.4 is 5.32 Å². The number of benzene rings is 1. The molecule has 1 fully saturated rings. The summed E-state index contributed by atoms with van der Waals surface area (Å²) in [6.45, 7) is 0. The number of anilines is 1. The van der Waals surface area contributed by atoms with Crippen LogP contribution >= 0.6 is 11.8 Å². The highest BCUT2D eigenvalue weighted by atomic mass is 32.2. The molecule has 1 unspecified atom stereocenters. The first-order valence-corrected chi connectivity index (χ1v) is 6.48. The molecule has 0 spiro atoms. The second-order valence-corrected chi connectivity index (χ2v) is 5.25. The summed E-state index contributed by atoms with van der Waals surface area (Å²) in [5.41, 5.74) is 0.740. The second-order valence-electron chi connectivity index (χ2n) is 4.14. The van der Waals surface area contributed by atoms with E-state index in [-0.39, 0.29) is 12.0 Å². The van der Waals surface area contributed by atoms with Crippen LogP contribution in [0.1, 0.15) is 12.8 Å². The van der Waals surface area contributed by atoms with E-state index in [9.17, 15) is 4.79 Å². The largest absolute Gasteiger partial charge is 0.481 e. The lowest BCUT2D eigenvalue weighted by atomic mass is 9.94. The van der Waals surface area contributed by atoms with Crippen molar-refractivity contribution in [3.8, 4) is 0 Å². The van der Waals surface area contributed by atoms with Gasteiger partial charge in [0, 0.05) is 11.4 Å². The van der Waals surface area contributed by atoms with Crippen molar-refractivity contribution < 1.29 is 9.90 Å². The van der Waals surface area contributed by atoms with Crippen LogP contribution in [0.2, 0.25) is 0 Å². The van der Waals surface area contributed by atoms with Crippen LogP contribution in [0, 0.1) is 0 Å². The molecule has 0 saturated carbocycles. The van der Waals surface area contributed by atoms with Gasteiger partial charge in [-0.2, -0.15) is 11.8 Å². The second kappa shape index (κ2) is 4.78. The quantitative estimate of drug-likeness (QED) is 0.844. The first-order chi connectivity index (χ1) is 7.70. The lowest BCUT2D eigenvalue weighted by Gasteiger charge is -2.29. The minimum absolute atomic E-state index is 0.189. The van der Waals surface area contributed by atoms with E-state index in [0.717, 1.165) is 23.6 Å². The molecule has 0 aromatic heterocycles. The average Bonchev–Trinajstić information content (AvgIpc) is 2.66. The summed E-state index contributed by atoms with van der Waals surface area (Å²) in [5, 5.41) is 12.4. The fourth-order valence-corrected chi connectivity index (χ4v) is 3.40. The maximum atomic E-state index is 10.9. The van der Waals surface area contributed by atoms with E-state index in [1.165, 1.54) is 0 Å². The monoisotopic (exact) mass is 237 g/mol. The third kappa shape index (κ3) is 2.70. The fraction of sp³-hybridized carbons (Fsp3) is 0.417. The van der Waals surface area contributed by atoms with E-state index in [1.54, 1.807) is 0 Å². The van der Waals surface area contributed by atoms with Crippen LogP contribution in [0.4, 0.5) is 5.69 Å². The average molecular weight is 237 g/mol. The predicted molar refractivity (Wildman–Crippen MR) is 67.0 cm³/mol. The van der Waals surface area contributed by atoms with Gasteiger partial charge < -0.3 is 10.4 Å². The molecule has 1 aliphatic rings. The van der Waals surface area contributed by atoms with Crippen LogP contribution in [0.5, 0.6) is 0 Å². The van der Waals surface area contributed by atoms with E-state index in [2.05, 4.69) is 5.32 Å². The Morgan fingerprint density at radius 1 is 1.44 bits per heavy atom. The van der Waals surface area contributed by atoms with Crippen molar-refractivity contribution >= 4 is 23.4 Å². The number of hydrogen-bond acceptors (Lipinski definition) is 3. The number of para-hydroxylation sites is 1. The molecule has 2 rings (SSSR count). The minimum Gasteiger partial charge on any atom is -0.481 e. The first kappa shape index (κ1) is 11.3. The zero-order valence-corrected chi connectivity index (χ0v) is 9.80. The zero-order valence-electron chi connectivity index (χ0n) is 8.98. The molecular weight excluding hydrogens is 222 g/mol. The Kier molecular flexibility index (Phi) is 3.39. The van der Waals surface area contributed by atoms with Gasteiger partial charge in [-0.3, -0.25) is 4.79 Å². The van der Waals surface area contributed by atoms with Crippen LogP contribution in [-0.4, -0.2) is 28.1 Å². The summed E-state index contributed by atoms with van der Waals surface area (Å²) >= 11 is 1.82. The highest BCUT2D eigenvalue weighted by Crippen LogP contribution is 2.34. The van der Waals surface area contributed by atoms with Crippen LogP contribution in [0.25, 0.3) is 0 Å². The Labute approximate surface area is 99.2 Å². The van der Waals surface area contributed by atoms with Crippen molar-refractivity contribution in [1.82, 2.24) is 0 Å². The predicted octanol–water partition coefficient (Wildman–Crippen LogP) is 2.45. The van der Waals surface area contributed by atoms with Gasteiger partial charge in [0.05, 0.1) is 12.0 Å². The molecule has 16 heavy (non-hydrogen) atoms. The smallest absolute Gasteiger partial charge is 0.305 e. The van der Waals surface area contributed by atoms with Gasteiger partial charge >= 0.3 is 5.97 Å². The minimum atomic E-state index is -0.731. The van der Waals surface area contributed by atoms with Gasteiger partial charge in [0.15, 0.2) is 0 Å². The van der Waals surface area contributed by atoms with Gasteiger partial charge in [-0.15, -0.1) is 0 Å². The van der Waals surface area contributed by atoms with Crippen LogP contribution in [0.15, 0.2) is 30.3 Å². The number of hydrogen-bond donors (Lipinski definition) is 2. The highest BCUT2D eigenvalue weighted by Gasteiger charge is 2.36. The molecule has 1 aliphatic heterocycles. The van der Waals surface area contributed by atoms with Gasteiger partial charge in [0.25, 0.3) is 0 Å². The van der Waals surface area contributed by atoms with Gasteiger partial charge in [0.1, 0.15) is 0 Å². The van der Waals surface area contributed by atoms with Crippen molar-refractivity contribution in [2.45, 2.75) is 18.4 Å². The van der Waals surface area contributed by atoms with Crippen LogP contribution in [0.3, 0.4) is 0 Å². The number of carbonyl (C=O) groups is 1. The fourth-order valence-electron chi connectivity index (χ4n) is 2.01. The SMILES string of the molecule is O=C(O)CC1(Nc2ccccc2)CCSC1. The Morgan fingerprint density at radius 3 is 2.75 bits per heavy atom. The lowest BCUT2D eigenvalue weighted by Crippen LogP contribution is -2.40. The van der Waals surface area contributed by atoms with Gasteiger partial charge in [0.2, 0.25) is 0 Å². The Bertz CT molecular complexity index is 361. The lowest BCUT2D eigenvalue weighted by molar-refractivity contribution is -0.138. The number of nitrogens with one attached hydrogen (secondary N) is 1. The Morgan fingerprint density at radius 2 is 2.19 bits per heavy atom. The van der Waals surface area contributed by atoms with Crippen molar-refractivity contribution in [1.29, 1.82) is 0 Å². The number of carboxylic acids is 1. The summed E-state index contributed by atoms with van der Waals surface area (Å²) in [6, 6.07) is 9.83. The summed E-state index contributed by atoms with van der Waals surface area (Å²) in [4.78, 5) is 10.9. The molecule has 0 radical (unpaired) electrons. The van der Waals surface area contributed by atoms with E-state index in [4.69, 9.17) is 5.11 Å². The van der Waals surface area contributed by atoms with E-state index in [0.29, 0.717) is 0 Å².